The first kappa shape index (κ1) is 15.1. The van der Waals surface area contributed by atoms with Crippen LogP contribution in [0.3, 0.4) is 0 Å². The molecule has 2 aromatic rings. The third-order valence-corrected chi connectivity index (χ3v) is 2.97. The number of carbonyl (C=O) groups is 1. The molecule has 1 aromatic carbocycles. The Morgan fingerprint density at radius 3 is 3.00 bits per heavy atom. The van der Waals surface area contributed by atoms with Gasteiger partial charge in [-0.25, -0.2) is 9.07 Å². The Balaban J connectivity index is 1.85. The van der Waals surface area contributed by atoms with Crippen molar-refractivity contribution in [2.45, 2.75) is 26.4 Å². The second kappa shape index (κ2) is 6.94. The first-order chi connectivity index (χ1) is 10.1. The molecule has 0 aliphatic carbocycles. The maximum absolute atomic E-state index is 13.1. The van der Waals surface area contributed by atoms with E-state index in [0.29, 0.717) is 24.2 Å². The van der Waals surface area contributed by atoms with Crippen molar-refractivity contribution in [3.8, 4) is 0 Å². The third kappa shape index (κ3) is 4.35. The molecule has 1 heterocycles. The van der Waals surface area contributed by atoms with Gasteiger partial charge in [0.25, 0.3) is 0 Å². The van der Waals surface area contributed by atoms with Crippen molar-refractivity contribution in [2.75, 3.05) is 6.61 Å². The number of hydrogen-bond acceptors (Lipinski definition) is 4. The van der Waals surface area contributed by atoms with Gasteiger partial charge in [-0.15, -0.1) is 5.10 Å². The Morgan fingerprint density at radius 1 is 1.48 bits per heavy atom. The number of rotatable bonds is 6. The molecule has 0 spiro atoms. The molecule has 1 amide bonds. The van der Waals surface area contributed by atoms with Crippen molar-refractivity contribution in [1.29, 1.82) is 0 Å². The van der Waals surface area contributed by atoms with E-state index < -0.39 is 0 Å². The standard InChI is InChI=1S/C14H17FN4O2/c1-10-6-11(2-3-13(10)15)7-16-14(21)9-19-8-12(4-5-20)17-18-19/h2-3,6,8,20H,4-5,7,9H2,1H3,(H,16,21). The molecule has 7 heteroatoms. The van der Waals surface area contributed by atoms with Crippen LogP contribution < -0.4 is 5.32 Å². The number of nitrogens with one attached hydrogen (secondary N) is 1. The number of aromatic nitrogens is 3. The number of halogens is 1. The van der Waals surface area contributed by atoms with Crippen LogP contribution in [0.25, 0.3) is 0 Å². The van der Waals surface area contributed by atoms with Crippen LogP contribution in [-0.2, 0) is 24.3 Å². The summed E-state index contributed by atoms with van der Waals surface area (Å²) in [5.41, 5.74) is 2.02. The van der Waals surface area contributed by atoms with E-state index in [1.165, 1.54) is 10.7 Å². The highest BCUT2D eigenvalue weighted by molar-refractivity contribution is 5.75. The van der Waals surface area contributed by atoms with Gasteiger partial charge in [-0.05, 0) is 24.1 Å². The van der Waals surface area contributed by atoms with Gasteiger partial charge in [-0.3, -0.25) is 4.79 Å². The van der Waals surface area contributed by atoms with Crippen LogP contribution in [0.2, 0.25) is 0 Å². The number of hydrogen-bond donors (Lipinski definition) is 2. The van der Waals surface area contributed by atoms with E-state index in [-0.39, 0.29) is 24.9 Å². The Bertz CT molecular complexity index is 627. The number of aliphatic hydroxyl groups is 1. The van der Waals surface area contributed by atoms with Crippen LogP contribution in [-0.4, -0.2) is 32.6 Å². The number of carbonyl (C=O) groups excluding carboxylic acids is 1. The van der Waals surface area contributed by atoms with Crippen LogP contribution in [0.5, 0.6) is 0 Å². The Hall–Kier alpha value is -2.28. The van der Waals surface area contributed by atoms with E-state index in [2.05, 4.69) is 15.6 Å². The van der Waals surface area contributed by atoms with Crippen LogP contribution in [0, 0.1) is 12.7 Å². The average Bonchev–Trinajstić information content (AvgIpc) is 2.88. The Kier molecular flexibility index (Phi) is 4.99. The molecule has 21 heavy (non-hydrogen) atoms. The molecule has 0 bridgehead atoms. The van der Waals surface area contributed by atoms with Gasteiger partial charge in [0.1, 0.15) is 12.4 Å². The third-order valence-electron chi connectivity index (χ3n) is 2.97. The van der Waals surface area contributed by atoms with E-state index >= 15 is 0 Å². The SMILES string of the molecule is Cc1cc(CNC(=O)Cn2cc(CCO)nn2)ccc1F. The lowest BCUT2D eigenvalue weighted by molar-refractivity contribution is -0.122. The fourth-order valence-electron chi connectivity index (χ4n) is 1.87. The predicted molar refractivity (Wildman–Crippen MR) is 73.8 cm³/mol. The van der Waals surface area contributed by atoms with Crippen LogP contribution in [0.1, 0.15) is 16.8 Å². The van der Waals surface area contributed by atoms with Crippen molar-refractivity contribution in [3.63, 3.8) is 0 Å². The van der Waals surface area contributed by atoms with E-state index in [4.69, 9.17) is 5.11 Å². The van der Waals surface area contributed by atoms with Gasteiger partial charge in [0.2, 0.25) is 5.91 Å². The second-order valence-electron chi connectivity index (χ2n) is 4.74. The highest BCUT2D eigenvalue weighted by Gasteiger charge is 2.06. The zero-order chi connectivity index (χ0) is 15.2. The van der Waals surface area contributed by atoms with Gasteiger partial charge < -0.3 is 10.4 Å². The molecule has 0 unspecified atom stereocenters. The molecule has 0 aliphatic heterocycles. The molecule has 2 rings (SSSR count). The number of aryl methyl sites for hydroxylation is 1. The number of amides is 1. The number of benzene rings is 1. The zero-order valence-corrected chi connectivity index (χ0v) is 11.7. The summed E-state index contributed by atoms with van der Waals surface area (Å²) in [7, 11) is 0. The monoisotopic (exact) mass is 292 g/mol. The van der Waals surface area contributed by atoms with Gasteiger partial charge in [-0.2, -0.15) is 0 Å². The first-order valence-electron chi connectivity index (χ1n) is 6.60. The van der Waals surface area contributed by atoms with Crippen LogP contribution in [0.15, 0.2) is 24.4 Å². The zero-order valence-electron chi connectivity index (χ0n) is 11.7. The van der Waals surface area contributed by atoms with Crippen LogP contribution in [0.4, 0.5) is 4.39 Å². The molecule has 112 valence electrons. The van der Waals surface area contributed by atoms with Gasteiger partial charge in [0.15, 0.2) is 0 Å². The number of aliphatic hydroxyl groups excluding tert-OH is 1. The topological polar surface area (TPSA) is 80.0 Å². The van der Waals surface area contributed by atoms with Gasteiger partial charge in [0, 0.05) is 25.8 Å². The highest BCUT2D eigenvalue weighted by Crippen LogP contribution is 2.08. The summed E-state index contributed by atoms with van der Waals surface area (Å²) in [5.74, 6) is -0.471. The minimum atomic E-state index is -0.260. The normalized spacial score (nSPS) is 10.6. The molecule has 0 fully saturated rings. The molecule has 6 nitrogen and oxygen atoms in total. The number of nitrogens with zero attached hydrogens (tertiary/aromatic N) is 3. The van der Waals surface area contributed by atoms with E-state index in [0.717, 1.165) is 5.56 Å². The molecular formula is C14H17FN4O2. The molecule has 0 aliphatic rings. The second-order valence-corrected chi connectivity index (χ2v) is 4.74. The summed E-state index contributed by atoms with van der Waals surface area (Å²) >= 11 is 0. The summed E-state index contributed by atoms with van der Waals surface area (Å²) in [6, 6.07) is 4.72. The molecule has 2 N–H and O–H groups in total. The lowest BCUT2D eigenvalue weighted by Gasteiger charge is -2.06. The predicted octanol–water partition coefficient (Wildman–Crippen LogP) is 0.577. The van der Waals surface area contributed by atoms with E-state index in [1.54, 1.807) is 25.3 Å². The molecular weight excluding hydrogens is 275 g/mol. The fourth-order valence-corrected chi connectivity index (χ4v) is 1.87. The lowest BCUT2D eigenvalue weighted by Crippen LogP contribution is -2.27. The highest BCUT2D eigenvalue weighted by atomic mass is 19.1. The summed E-state index contributed by atoms with van der Waals surface area (Å²) in [6.07, 6.45) is 2.04. The molecule has 0 saturated heterocycles. The van der Waals surface area contributed by atoms with Crippen molar-refractivity contribution in [1.82, 2.24) is 20.3 Å². The Labute approximate surface area is 121 Å². The van der Waals surface area contributed by atoms with Gasteiger partial charge >= 0.3 is 0 Å². The van der Waals surface area contributed by atoms with Gasteiger partial charge in [-0.1, -0.05) is 17.3 Å². The van der Waals surface area contributed by atoms with Crippen molar-refractivity contribution in [2.24, 2.45) is 0 Å². The fraction of sp³-hybridized carbons (Fsp3) is 0.357. The lowest BCUT2D eigenvalue weighted by atomic mass is 10.1. The quantitative estimate of drug-likeness (QED) is 0.816. The Morgan fingerprint density at radius 2 is 2.29 bits per heavy atom. The molecule has 1 aromatic heterocycles. The van der Waals surface area contributed by atoms with Crippen molar-refractivity contribution >= 4 is 5.91 Å². The summed E-state index contributed by atoms with van der Waals surface area (Å²) in [5, 5.41) is 19.1. The van der Waals surface area contributed by atoms with Crippen molar-refractivity contribution in [3.05, 3.63) is 47.0 Å². The summed E-state index contributed by atoms with van der Waals surface area (Å²) in [4.78, 5) is 11.8. The smallest absolute Gasteiger partial charge is 0.242 e. The minimum Gasteiger partial charge on any atom is -0.396 e. The summed E-state index contributed by atoms with van der Waals surface area (Å²) in [6.45, 7) is 2.06. The largest absolute Gasteiger partial charge is 0.396 e. The average molecular weight is 292 g/mol. The maximum atomic E-state index is 13.1. The van der Waals surface area contributed by atoms with E-state index in [1.807, 2.05) is 0 Å². The van der Waals surface area contributed by atoms with Gasteiger partial charge in [0.05, 0.1) is 5.69 Å². The molecule has 0 saturated carbocycles. The first-order valence-corrected chi connectivity index (χ1v) is 6.60. The van der Waals surface area contributed by atoms with E-state index in [9.17, 15) is 9.18 Å². The van der Waals surface area contributed by atoms with Crippen LogP contribution >= 0.6 is 0 Å². The summed E-state index contributed by atoms with van der Waals surface area (Å²) < 4.78 is 14.5. The molecule has 0 radical (unpaired) electrons. The van der Waals surface area contributed by atoms with Crippen molar-refractivity contribution < 1.29 is 14.3 Å². The maximum Gasteiger partial charge on any atom is 0.242 e. The molecule has 0 atom stereocenters. The minimum absolute atomic E-state index is 0.00515.